The molecule has 0 saturated carbocycles. The van der Waals surface area contributed by atoms with Gasteiger partial charge < -0.3 is 19.2 Å². The van der Waals surface area contributed by atoms with Gasteiger partial charge >= 0.3 is 0 Å². The number of hydrogen-bond acceptors (Lipinski definition) is 4. The molecular formula is C27H36N4O3. The average molecular weight is 465 g/mol. The van der Waals surface area contributed by atoms with Crippen molar-refractivity contribution in [3.05, 3.63) is 51.9 Å². The molecule has 0 bridgehead atoms. The Morgan fingerprint density at radius 1 is 1.26 bits per heavy atom. The lowest BCUT2D eigenvalue weighted by Gasteiger charge is -2.33. The number of aryl methyl sites for hydroxylation is 2. The third kappa shape index (κ3) is 4.89. The predicted molar refractivity (Wildman–Crippen MR) is 137 cm³/mol. The summed E-state index contributed by atoms with van der Waals surface area (Å²) in [5.41, 5.74) is 5.09. The number of carbonyl (C=O) groups excluding carboxylic acids is 1. The molecule has 34 heavy (non-hydrogen) atoms. The number of fused-ring (bicyclic) bond motifs is 1. The number of amides is 1. The third-order valence-corrected chi connectivity index (χ3v) is 6.66. The van der Waals surface area contributed by atoms with Crippen molar-refractivity contribution < 1.29 is 9.53 Å². The fraction of sp³-hybridized carbons (Fsp3) is 0.481. The maximum absolute atomic E-state index is 12.2. The summed E-state index contributed by atoms with van der Waals surface area (Å²) in [4.78, 5) is 31.7. The molecule has 7 nitrogen and oxygen atoms in total. The Bertz CT molecular complexity index is 1230. The lowest BCUT2D eigenvalue weighted by atomic mass is 9.96. The topological polar surface area (TPSA) is 70.6 Å². The molecule has 2 aromatic heterocycles. The van der Waals surface area contributed by atoms with Crippen LogP contribution >= 0.6 is 0 Å². The molecule has 1 unspecified atom stereocenters. The number of likely N-dealkylation sites (tertiary alicyclic amines) is 1. The summed E-state index contributed by atoms with van der Waals surface area (Å²) in [6, 6.07) is 8.18. The van der Waals surface area contributed by atoms with Gasteiger partial charge in [-0.2, -0.15) is 0 Å². The van der Waals surface area contributed by atoms with Crippen LogP contribution in [-0.2, 0) is 11.8 Å². The van der Waals surface area contributed by atoms with Gasteiger partial charge in [0.15, 0.2) is 0 Å². The molecule has 1 N–H and O–H groups in total. The maximum Gasteiger partial charge on any atom is 0.253 e. The van der Waals surface area contributed by atoms with Crippen molar-refractivity contribution in [3.8, 4) is 17.0 Å². The number of rotatable bonds is 6. The van der Waals surface area contributed by atoms with E-state index in [9.17, 15) is 9.59 Å². The molecule has 1 atom stereocenters. The molecule has 0 spiro atoms. The summed E-state index contributed by atoms with van der Waals surface area (Å²) < 4.78 is 8.06. The summed E-state index contributed by atoms with van der Waals surface area (Å²) in [6.07, 6.45) is 3.96. The molecule has 3 aromatic rings. The Kier molecular flexibility index (Phi) is 6.84. The van der Waals surface area contributed by atoms with E-state index in [0.717, 1.165) is 59.4 Å². The van der Waals surface area contributed by atoms with E-state index in [1.807, 2.05) is 25.3 Å². The predicted octanol–water partition coefficient (Wildman–Crippen LogP) is 3.90. The van der Waals surface area contributed by atoms with Crippen LogP contribution in [0.4, 0.5) is 0 Å². The van der Waals surface area contributed by atoms with Crippen LogP contribution < -0.4 is 10.3 Å². The number of carbonyl (C=O) groups is 1. The lowest BCUT2D eigenvalue weighted by Crippen LogP contribution is -2.45. The van der Waals surface area contributed by atoms with Crippen molar-refractivity contribution in [2.24, 2.45) is 7.05 Å². The highest BCUT2D eigenvalue weighted by atomic mass is 16.5. The minimum absolute atomic E-state index is 0.0236. The summed E-state index contributed by atoms with van der Waals surface area (Å²) in [5, 5.41) is 1.14. The standard InChI is InChI=1S/C27H36N4O3/c1-17(2)25-22-13-20(34-21-8-7-11-31(15-21)16-24(32)29(4)5)9-10-23(22)28-26(25)19-12-18(3)27(33)30(6)14-19/h9-10,12-14,17,21,28H,7-8,11,15-16H2,1-6H3. The van der Waals surface area contributed by atoms with E-state index in [0.29, 0.717) is 12.5 Å². The van der Waals surface area contributed by atoms with E-state index >= 15 is 0 Å². The molecule has 1 fully saturated rings. The molecule has 182 valence electrons. The highest BCUT2D eigenvalue weighted by Gasteiger charge is 2.24. The van der Waals surface area contributed by atoms with Crippen molar-refractivity contribution >= 4 is 16.8 Å². The number of piperidine rings is 1. The normalized spacial score (nSPS) is 16.9. The largest absolute Gasteiger partial charge is 0.489 e. The third-order valence-electron chi connectivity index (χ3n) is 6.66. The van der Waals surface area contributed by atoms with Crippen molar-refractivity contribution in [1.29, 1.82) is 0 Å². The zero-order valence-electron chi connectivity index (χ0n) is 21.1. The van der Waals surface area contributed by atoms with E-state index in [1.54, 1.807) is 30.6 Å². The van der Waals surface area contributed by atoms with E-state index < -0.39 is 0 Å². The molecule has 0 aliphatic carbocycles. The Hall–Kier alpha value is -3.06. The minimum Gasteiger partial charge on any atom is -0.489 e. The van der Waals surface area contributed by atoms with Gasteiger partial charge in [0.2, 0.25) is 5.91 Å². The van der Waals surface area contributed by atoms with Crippen LogP contribution in [0, 0.1) is 6.92 Å². The number of likely N-dealkylation sites (N-methyl/N-ethyl adjacent to an activating group) is 1. The maximum atomic E-state index is 12.2. The quantitative estimate of drug-likeness (QED) is 0.601. The number of nitrogens with one attached hydrogen (secondary N) is 1. The number of aromatic amines is 1. The van der Waals surface area contributed by atoms with Crippen molar-refractivity contribution in [2.45, 2.75) is 45.6 Å². The smallest absolute Gasteiger partial charge is 0.253 e. The van der Waals surface area contributed by atoms with Gasteiger partial charge in [0.05, 0.1) is 12.2 Å². The summed E-state index contributed by atoms with van der Waals surface area (Å²) in [7, 11) is 5.38. The van der Waals surface area contributed by atoms with Crippen LogP contribution in [0.2, 0.25) is 0 Å². The number of benzene rings is 1. The monoisotopic (exact) mass is 464 g/mol. The van der Waals surface area contributed by atoms with Crippen molar-refractivity contribution in [2.75, 3.05) is 33.7 Å². The van der Waals surface area contributed by atoms with Crippen LogP contribution in [0.3, 0.4) is 0 Å². The SMILES string of the molecule is Cc1cc(-c2[nH]c3ccc(OC4CCCN(CC(=O)N(C)C)C4)cc3c2C(C)C)cn(C)c1=O. The van der Waals surface area contributed by atoms with Gasteiger partial charge in [-0.1, -0.05) is 13.8 Å². The van der Waals surface area contributed by atoms with Crippen LogP contribution in [0.5, 0.6) is 5.75 Å². The number of H-pyrrole nitrogens is 1. The first-order chi connectivity index (χ1) is 16.1. The number of aromatic nitrogens is 2. The van der Waals surface area contributed by atoms with Gasteiger partial charge in [0, 0.05) is 55.9 Å². The fourth-order valence-corrected chi connectivity index (χ4v) is 4.89. The molecule has 1 aromatic carbocycles. The van der Waals surface area contributed by atoms with Crippen LogP contribution in [-0.4, -0.2) is 65.1 Å². The Morgan fingerprint density at radius 2 is 2.03 bits per heavy atom. The second-order valence-electron chi connectivity index (χ2n) is 10.0. The fourth-order valence-electron chi connectivity index (χ4n) is 4.89. The van der Waals surface area contributed by atoms with E-state index in [1.165, 1.54) is 5.56 Å². The number of pyridine rings is 1. The zero-order chi connectivity index (χ0) is 24.6. The molecule has 0 radical (unpaired) electrons. The number of ether oxygens (including phenoxy) is 1. The Balaban J connectivity index is 1.62. The molecule has 1 amide bonds. The minimum atomic E-state index is 0.0236. The summed E-state index contributed by atoms with van der Waals surface area (Å²) in [5.74, 6) is 1.26. The Morgan fingerprint density at radius 3 is 2.71 bits per heavy atom. The Labute approximate surface area is 201 Å². The lowest BCUT2D eigenvalue weighted by molar-refractivity contribution is -0.130. The highest BCUT2D eigenvalue weighted by molar-refractivity contribution is 5.92. The van der Waals surface area contributed by atoms with Crippen LogP contribution in [0.1, 0.15) is 43.7 Å². The van der Waals surface area contributed by atoms with Gasteiger partial charge in [-0.25, -0.2) is 0 Å². The molecule has 3 heterocycles. The zero-order valence-corrected chi connectivity index (χ0v) is 21.1. The molecule has 1 aliphatic heterocycles. The van der Waals surface area contributed by atoms with Crippen molar-refractivity contribution in [1.82, 2.24) is 19.4 Å². The van der Waals surface area contributed by atoms with Gasteiger partial charge in [-0.05, 0) is 62.1 Å². The van der Waals surface area contributed by atoms with Crippen LogP contribution in [0.15, 0.2) is 35.3 Å². The van der Waals surface area contributed by atoms with E-state index in [-0.39, 0.29) is 17.6 Å². The molecular weight excluding hydrogens is 428 g/mol. The highest BCUT2D eigenvalue weighted by Crippen LogP contribution is 2.37. The molecule has 1 aliphatic rings. The van der Waals surface area contributed by atoms with Crippen molar-refractivity contribution in [3.63, 3.8) is 0 Å². The average Bonchev–Trinajstić information content (AvgIpc) is 3.16. The van der Waals surface area contributed by atoms with Gasteiger partial charge in [-0.3, -0.25) is 14.5 Å². The first-order valence-corrected chi connectivity index (χ1v) is 12.1. The molecule has 7 heteroatoms. The second kappa shape index (κ2) is 9.66. The van der Waals surface area contributed by atoms with E-state index in [2.05, 4.69) is 35.9 Å². The van der Waals surface area contributed by atoms with E-state index in [4.69, 9.17) is 4.74 Å². The van der Waals surface area contributed by atoms with Gasteiger partial charge in [0.1, 0.15) is 11.9 Å². The molecule has 4 rings (SSSR count). The number of hydrogen-bond donors (Lipinski definition) is 1. The summed E-state index contributed by atoms with van der Waals surface area (Å²) >= 11 is 0. The van der Waals surface area contributed by atoms with Crippen LogP contribution in [0.25, 0.3) is 22.2 Å². The summed E-state index contributed by atoms with van der Waals surface area (Å²) in [6.45, 7) is 8.35. The first kappa shape index (κ1) is 24.1. The second-order valence-corrected chi connectivity index (χ2v) is 10.0. The molecule has 1 saturated heterocycles. The number of nitrogens with zero attached hydrogens (tertiary/aromatic N) is 3. The first-order valence-electron chi connectivity index (χ1n) is 12.1. The van der Waals surface area contributed by atoms with Gasteiger partial charge in [-0.15, -0.1) is 0 Å². The van der Waals surface area contributed by atoms with Gasteiger partial charge in [0.25, 0.3) is 5.56 Å².